The van der Waals surface area contributed by atoms with Gasteiger partial charge in [-0.2, -0.15) is 5.10 Å². The Balaban J connectivity index is 1.94. The van der Waals surface area contributed by atoms with Gasteiger partial charge in [-0.25, -0.2) is 13.1 Å². The second-order valence-corrected chi connectivity index (χ2v) is 7.48. The molecule has 0 amide bonds. The van der Waals surface area contributed by atoms with Gasteiger partial charge >= 0.3 is 0 Å². The zero-order chi connectivity index (χ0) is 15.5. The molecule has 7 nitrogen and oxygen atoms in total. The fourth-order valence-corrected chi connectivity index (χ4v) is 4.05. The van der Waals surface area contributed by atoms with Crippen LogP contribution in [0.25, 0.3) is 0 Å². The van der Waals surface area contributed by atoms with Crippen molar-refractivity contribution in [3.8, 4) is 0 Å². The molecule has 1 atom stereocenters. The highest BCUT2D eigenvalue weighted by Crippen LogP contribution is 2.16. The summed E-state index contributed by atoms with van der Waals surface area (Å²) in [5.41, 5.74) is 6.85. The minimum absolute atomic E-state index is 0.0240. The molecule has 1 aliphatic rings. The van der Waals surface area contributed by atoms with Crippen LogP contribution in [0.4, 0.5) is 0 Å². The number of aromatic nitrogens is 2. The number of aryl methyl sites for hydroxylation is 1. The Kier molecular flexibility index (Phi) is 5.37. The van der Waals surface area contributed by atoms with Gasteiger partial charge in [-0.1, -0.05) is 6.92 Å². The van der Waals surface area contributed by atoms with Crippen LogP contribution in [0.15, 0.2) is 5.03 Å². The molecule has 0 saturated carbocycles. The SMILES string of the molecule is Cc1[nH]nc(S(=O)(=O)NCC(C)CN2CCCC2)c1CN. The van der Waals surface area contributed by atoms with Gasteiger partial charge in [0.2, 0.25) is 0 Å². The molecular formula is C13H25N5O2S. The van der Waals surface area contributed by atoms with Crippen molar-refractivity contribution in [2.24, 2.45) is 11.7 Å². The van der Waals surface area contributed by atoms with Crippen molar-refractivity contribution in [2.45, 2.75) is 38.3 Å². The number of rotatable bonds is 7. The van der Waals surface area contributed by atoms with Gasteiger partial charge in [-0.15, -0.1) is 0 Å². The van der Waals surface area contributed by atoms with E-state index in [1.807, 2.05) is 0 Å². The van der Waals surface area contributed by atoms with Crippen molar-refractivity contribution < 1.29 is 8.42 Å². The van der Waals surface area contributed by atoms with Gasteiger partial charge in [-0.05, 0) is 38.8 Å². The predicted octanol–water partition coefficient (Wildman–Crippen LogP) is 0.187. The van der Waals surface area contributed by atoms with E-state index in [1.165, 1.54) is 12.8 Å². The summed E-state index contributed by atoms with van der Waals surface area (Å²) in [7, 11) is -3.60. The zero-order valence-corrected chi connectivity index (χ0v) is 13.5. The van der Waals surface area contributed by atoms with Crippen LogP contribution in [0.3, 0.4) is 0 Å². The number of likely N-dealkylation sites (tertiary alicyclic amines) is 1. The number of nitrogens with one attached hydrogen (secondary N) is 2. The molecule has 0 aliphatic carbocycles. The first-order valence-corrected chi connectivity index (χ1v) is 8.88. The van der Waals surface area contributed by atoms with Gasteiger partial charge in [0.25, 0.3) is 10.0 Å². The molecule has 0 spiro atoms. The molecule has 1 unspecified atom stereocenters. The van der Waals surface area contributed by atoms with E-state index in [4.69, 9.17) is 5.73 Å². The first-order valence-electron chi connectivity index (χ1n) is 7.40. The molecule has 1 aromatic heterocycles. The molecule has 2 heterocycles. The molecule has 8 heteroatoms. The predicted molar refractivity (Wildman–Crippen MR) is 81.2 cm³/mol. The first-order chi connectivity index (χ1) is 9.94. The van der Waals surface area contributed by atoms with Crippen LogP contribution in [0.5, 0.6) is 0 Å². The third kappa shape index (κ3) is 4.03. The number of aromatic amines is 1. The van der Waals surface area contributed by atoms with E-state index >= 15 is 0 Å². The maximum atomic E-state index is 12.3. The van der Waals surface area contributed by atoms with Crippen molar-refractivity contribution in [2.75, 3.05) is 26.2 Å². The fourth-order valence-electron chi connectivity index (χ4n) is 2.68. The van der Waals surface area contributed by atoms with Gasteiger partial charge < -0.3 is 10.6 Å². The van der Waals surface area contributed by atoms with Gasteiger partial charge in [0.15, 0.2) is 5.03 Å². The third-order valence-electron chi connectivity index (χ3n) is 3.89. The molecule has 1 saturated heterocycles. The highest BCUT2D eigenvalue weighted by Gasteiger charge is 2.24. The summed E-state index contributed by atoms with van der Waals surface area (Å²) in [4.78, 5) is 2.38. The maximum absolute atomic E-state index is 12.3. The van der Waals surface area contributed by atoms with Crippen LogP contribution < -0.4 is 10.5 Å². The summed E-state index contributed by atoms with van der Waals surface area (Å²) in [5.74, 6) is 0.263. The normalized spacial score (nSPS) is 18.2. The molecule has 21 heavy (non-hydrogen) atoms. The number of hydrogen-bond donors (Lipinski definition) is 3. The van der Waals surface area contributed by atoms with E-state index < -0.39 is 10.0 Å². The molecule has 120 valence electrons. The lowest BCUT2D eigenvalue weighted by Crippen LogP contribution is -2.35. The Morgan fingerprint density at radius 3 is 2.71 bits per heavy atom. The number of H-pyrrole nitrogens is 1. The lowest BCUT2D eigenvalue weighted by Gasteiger charge is -2.20. The summed E-state index contributed by atoms with van der Waals surface area (Å²) in [6, 6.07) is 0. The molecule has 0 aromatic carbocycles. The van der Waals surface area contributed by atoms with Crippen LogP contribution in [0.1, 0.15) is 31.0 Å². The van der Waals surface area contributed by atoms with Crippen molar-refractivity contribution in [1.29, 1.82) is 0 Å². The minimum atomic E-state index is -3.60. The summed E-state index contributed by atoms with van der Waals surface area (Å²) >= 11 is 0. The van der Waals surface area contributed by atoms with E-state index in [0.29, 0.717) is 17.8 Å². The highest BCUT2D eigenvalue weighted by molar-refractivity contribution is 7.89. The van der Waals surface area contributed by atoms with Crippen LogP contribution in [0, 0.1) is 12.8 Å². The van der Waals surface area contributed by atoms with Crippen LogP contribution in [-0.4, -0.2) is 49.7 Å². The Hall–Kier alpha value is -0.960. The molecule has 0 radical (unpaired) electrons. The Morgan fingerprint density at radius 2 is 2.10 bits per heavy atom. The fraction of sp³-hybridized carbons (Fsp3) is 0.769. The number of nitrogens with two attached hydrogens (primary N) is 1. The third-order valence-corrected chi connectivity index (χ3v) is 5.28. The van der Waals surface area contributed by atoms with E-state index in [9.17, 15) is 8.42 Å². The molecule has 1 aromatic rings. The average Bonchev–Trinajstić information content (AvgIpc) is 3.06. The smallest absolute Gasteiger partial charge is 0.260 e. The maximum Gasteiger partial charge on any atom is 0.260 e. The van der Waals surface area contributed by atoms with Crippen LogP contribution >= 0.6 is 0 Å². The van der Waals surface area contributed by atoms with Crippen molar-refractivity contribution in [1.82, 2.24) is 19.8 Å². The lowest BCUT2D eigenvalue weighted by atomic mass is 10.2. The Morgan fingerprint density at radius 1 is 1.43 bits per heavy atom. The van der Waals surface area contributed by atoms with Gasteiger partial charge in [-0.3, -0.25) is 5.10 Å². The van der Waals surface area contributed by atoms with E-state index in [0.717, 1.165) is 19.6 Å². The molecule has 2 rings (SSSR count). The first kappa shape index (κ1) is 16.4. The van der Waals surface area contributed by atoms with Crippen molar-refractivity contribution in [3.63, 3.8) is 0 Å². The van der Waals surface area contributed by atoms with Crippen LogP contribution in [-0.2, 0) is 16.6 Å². The minimum Gasteiger partial charge on any atom is -0.326 e. The zero-order valence-electron chi connectivity index (χ0n) is 12.7. The van der Waals surface area contributed by atoms with Crippen LogP contribution in [0.2, 0.25) is 0 Å². The lowest BCUT2D eigenvalue weighted by molar-refractivity contribution is 0.288. The van der Waals surface area contributed by atoms with Gasteiger partial charge in [0, 0.05) is 30.9 Å². The van der Waals surface area contributed by atoms with E-state index in [2.05, 4.69) is 26.7 Å². The number of sulfonamides is 1. The average molecular weight is 315 g/mol. The second kappa shape index (κ2) is 6.87. The van der Waals surface area contributed by atoms with Gasteiger partial charge in [0.05, 0.1) is 0 Å². The topological polar surface area (TPSA) is 104 Å². The monoisotopic (exact) mass is 315 g/mol. The second-order valence-electron chi connectivity index (χ2n) is 5.80. The molecule has 1 aliphatic heterocycles. The van der Waals surface area contributed by atoms with Crippen molar-refractivity contribution >= 4 is 10.0 Å². The molecule has 1 fully saturated rings. The van der Waals surface area contributed by atoms with E-state index in [1.54, 1.807) is 6.92 Å². The summed E-state index contributed by atoms with van der Waals surface area (Å²) in [6.45, 7) is 7.55. The summed E-state index contributed by atoms with van der Waals surface area (Å²) in [6.07, 6.45) is 2.48. The Bertz CT molecular complexity index is 563. The van der Waals surface area contributed by atoms with Crippen molar-refractivity contribution in [3.05, 3.63) is 11.3 Å². The summed E-state index contributed by atoms with van der Waals surface area (Å²) < 4.78 is 27.3. The quantitative estimate of drug-likeness (QED) is 0.666. The molecular weight excluding hydrogens is 290 g/mol. The van der Waals surface area contributed by atoms with E-state index in [-0.39, 0.29) is 17.5 Å². The largest absolute Gasteiger partial charge is 0.326 e. The number of nitrogens with zero attached hydrogens (tertiary/aromatic N) is 2. The summed E-state index contributed by atoms with van der Waals surface area (Å²) in [5, 5.41) is 6.58. The standard InChI is InChI=1S/C13H25N5O2S/c1-10(9-18-5-3-4-6-18)8-15-21(19,20)13-12(7-14)11(2)16-17-13/h10,15H,3-9,14H2,1-2H3,(H,16,17). The number of hydrogen-bond acceptors (Lipinski definition) is 5. The molecule has 4 N–H and O–H groups in total. The highest BCUT2D eigenvalue weighted by atomic mass is 32.2. The Labute approximate surface area is 126 Å². The van der Waals surface area contributed by atoms with Gasteiger partial charge in [0.1, 0.15) is 0 Å². The molecule has 0 bridgehead atoms.